The van der Waals surface area contributed by atoms with Crippen LogP contribution in [0.1, 0.15) is 16.1 Å². The zero-order valence-corrected chi connectivity index (χ0v) is 11.1. The molecule has 2 rings (SSSR count). The van der Waals surface area contributed by atoms with E-state index >= 15 is 0 Å². The Morgan fingerprint density at radius 3 is 2.58 bits per heavy atom. The van der Waals surface area contributed by atoms with Crippen molar-refractivity contribution in [2.75, 3.05) is 18.6 Å². The van der Waals surface area contributed by atoms with Crippen LogP contribution in [0.15, 0.2) is 48.7 Å². The number of anilines is 1. The Morgan fingerprint density at radius 2 is 1.95 bits per heavy atom. The van der Waals surface area contributed by atoms with Crippen molar-refractivity contribution < 1.29 is 4.79 Å². The number of rotatable bonds is 4. The molecule has 0 spiro atoms. The number of carbonyl (C=O) groups is 1. The van der Waals surface area contributed by atoms with E-state index in [-0.39, 0.29) is 5.91 Å². The van der Waals surface area contributed by atoms with Crippen molar-refractivity contribution in [1.29, 1.82) is 0 Å². The van der Waals surface area contributed by atoms with Crippen molar-refractivity contribution in [3.8, 4) is 0 Å². The zero-order valence-electron chi connectivity index (χ0n) is 11.1. The second-order valence-electron chi connectivity index (χ2n) is 4.41. The van der Waals surface area contributed by atoms with Crippen LogP contribution in [0.2, 0.25) is 0 Å². The number of nitrogens with one attached hydrogen (secondary N) is 1. The Hall–Kier alpha value is -2.36. The van der Waals surface area contributed by atoms with Gasteiger partial charge in [0.2, 0.25) is 0 Å². The van der Waals surface area contributed by atoms with E-state index in [9.17, 15) is 4.79 Å². The second kappa shape index (κ2) is 6.00. The number of pyridine rings is 1. The van der Waals surface area contributed by atoms with Gasteiger partial charge in [0.05, 0.1) is 6.67 Å². The molecule has 1 amide bonds. The minimum atomic E-state index is -0.167. The van der Waals surface area contributed by atoms with Gasteiger partial charge in [-0.3, -0.25) is 9.78 Å². The number of nitrogens with zero attached hydrogens (tertiary/aromatic N) is 2. The molecule has 0 saturated heterocycles. The molecule has 0 saturated carbocycles. The molecule has 1 N–H and O–H groups in total. The van der Waals surface area contributed by atoms with Gasteiger partial charge in [0.25, 0.3) is 5.91 Å². The van der Waals surface area contributed by atoms with Crippen molar-refractivity contribution >= 4 is 11.6 Å². The van der Waals surface area contributed by atoms with Crippen LogP contribution in [0, 0.1) is 6.92 Å². The summed E-state index contributed by atoms with van der Waals surface area (Å²) in [6, 6.07) is 13.4. The molecule has 0 unspecified atom stereocenters. The molecule has 4 nitrogen and oxygen atoms in total. The molecule has 1 aromatic carbocycles. The topological polar surface area (TPSA) is 45.2 Å². The molecule has 2 aromatic rings. The maximum Gasteiger partial charge on any atom is 0.271 e. The first-order valence-electron chi connectivity index (χ1n) is 6.14. The molecule has 0 aliphatic heterocycles. The second-order valence-corrected chi connectivity index (χ2v) is 4.41. The smallest absolute Gasteiger partial charge is 0.271 e. The summed E-state index contributed by atoms with van der Waals surface area (Å²) in [5.74, 6) is -0.167. The van der Waals surface area contributed by atoms with Crippen LogP contribution in [0.4, 0.5) is 5.69 Å². The van der Waals surface area contributed by atoms with Gasteiger partial charge in [-0.15, -0.1) is 0 Å². The molecule has 0 aliphatic carbocycles. The highest BCUT2D eigenvalue weighted by Crippen LogP contribution is 2.12. The van der Waals surface area contributed by atoms with E-state index in [2.05, 4.69) is 10.3 Å². The Morgan fingerprint density at radius 1 is 1.21 bits per heavy atom. The zero-order chi connectivity index (χ0) is 13.7. The maximum atomic E-state index is 11.8. The lowest BCUT2D eigenvalue weighted by atomic mass is 10.2. The molecule has 0 bridgehead atoms. The molecule has 0 aliphatic rings. The van der Waals surface area contributed by atoms with Gasteiger partial charge in [-0.1, -0.05) is 23.8 Å². The summed E-state index contributed by atoms with van der Waals surface area (Å²) in [5, 5.41) is 2.84. The molecule has 1 heterocycles. The average Bonchev–Trinajstić information content (AvgIpc) is 2.46. The third-order valence-electron chi connectivity index (χ3n) is 2.85. The van der Waals surface area contributed by atoms with Crippen LogP contribution in [-0.2, 0) is 0 Å². The molecule has 98 valence electrons. The molecular weight excluding hydrogens is 238 g/mol. The van der Waals surface area contributed by atoms with Gasteiger partial charge in [0, 0.05) is 18.9 Å². The van der Waals surface area contributed by atoms with Crippen molar-refractivity contribution in [1.82, 2.24) is 10.3 Å². The number of benzene rings is 1. The highest BCUT2D eigenvalue weighted by molar-refractivity contribution is 5.92. The molecule has 19 heavy (non-hydrogen) atoms. The maximum absolute atomic E-state index is 11.8. The Balaban J connectivity index is 1.92. The number of hydrogen-bond acceptors (Lipinski definition) is 3. The van der Waals surface area contributed by atoms with E-state index in [1.807, 2.05) is 43.1 Å². The van der Waals surface area contributed by atoms with E-state index in [1.54, 1.807) is 24.4 Å². The average molecular weight is 255 g/mol. The van der Waals surface area contributed by atoms with Crippen molar-refractivity contribution in [2.45, 2.75) is 6.92 Å². The minimum Gasteiger partial charge on any atom is -0.357 e. The van der Waals surface area contributed by atoms with Crippen LogP contribution in [0.5, 0.6) is 0 Å². The molecule has 4 heteroatoms. The Kier molecular flexibility index (Phi) is 4.13. The van der Waals surface area contributed by atoms with Crippen LogP contribution in [0.25, 0.3) is 0 Å². The van der Waals surface area contributed by atoms with Crippen LogP contribution in [0.3, 0.4) is 0 Å². The summed E-state index contributed by atoms with van der Waals surface area (Å²) in [4.78, 5) is 17.8. The molecule has 0 fully saturated rings. The molecular formula is C15H17N3O. The standard InChI is InChI=1S/C15H17N3O/c1-12-6-8-13(9-7-12)18(2)11-17-15(19)14-5-3-4-10-16-14/h3-10H,11H2,1-2H3,(H,17,19). The van der Waals surface area contributed by atoms with Crippen molar-refractivity contribution in [2.24, 2.45) is 0 Å². The number of carbonyl (C=O) groups excluding carboxylic acids is 1. The van der Waals surface area contributed by atoms with Gasteiger partial charge in [-0.25, -0.2) is 0 Å². The van der Waals surface area contributed by atoms with E-state index < -0.39 is 0 Å². The van der Waals surface area contributed by atoms with Crippen molar-refractivity contribution in [3.05, 3.63) is 59.9 Å². The molecule has 0 radical (unpaired) electrons. The quantitative estimate of drug-likeness (QED) is 0.852. The lowest BCUT2D eigenvalue weighted by Gasteiger charge is -2.19. The first-order chi connectivity index (χ1) is 9.16. The number of aryl methyl sites for hydroxylation is 1. The van der Waals surface area contributed by atoms with Gasteiger partial charge < -0.3 is 10.2 Å². The highest BCUT2D eigenvalue weighted by Gasteiger charge is 2.07. The van der Waals surface area contributed by atoms with Gasteiger partial charge >= 0.3 is 0 Å². The summed E-state index contributed by atoms with van der Waals surface area (Å²) in [5.41, 5.74) is 2.71. The van der Waals surface area contributed by atoms with E-state index in [0.29, 0.717) is 12.4 Å². The van der Waals surface area contributed by atoms with Crippen LogP contribution in [-0.4, -0.2) is 24.6 Å². The van der Waals surface area contributed by atoms with Gasteiger partial charge in [-0.2, -0.15) is 0 Å². The van der Waals surface area contributed by atoms with E-state index in [1.165, 1.54) is 5.56 Å². The predicted molar refractivity (Wildman–Crippen MR) is 76.2 cm³/mol. The number of aromatic nitrogens is 1. The third kappa shape index (κ3) is 3.55. The Bertz CT molecular complexity index is 537. The third-order valence-corrected chi connectivity index (χ3v) is 2.85. The van der Waals surface area contributed by atoms with Gasteiger partial charge in [0.15, 0.2) is 0 Å². The summed E-state index contributed by atoms with van der Waals surface area (Å²) >= 11 is 0. The largest absolute Gasteiger partial charge is 0.357 e. The van der Waals surface area contributed by atoms with E-state index in [4.69, 9.17) is 0 Å². The minimum absolute atomic E-state index is 0.167. The summed E-state index contributed by atoms with van der Waals surface area (Å²) in [6.45, 7) is 2.49. The van der Waals surface area contributed by atoms with E-state index in [0.717, 1.165) is 5.69 Å². The number of amides is 1. The monoisotopic (exact) mass is 255 g/mol. The summed E-state index contributed by atoms with van der Waals surface area (Å²) in [6.07, 6.45) is 1.61. The summed E-state index contributed by atoms with van der Waals surface area (Å²) in [7, 11) is 1.93. The van der Waals surface area contributed by atoms with Crippen molar-refractivity contribution in [3.63, 3.8) is 0 Å². The highest BCUT2D eigenvalue weighted by atomic mass is 16.2. The SMILES string of the molecule is Cc1ccc(N(C)CNC(=O)c2ccccn2)cc1. The first kappa shape index (κ1) is 13.1. The normalized spacial score (nSPS) is 10.0. The molecule has 1 aromatic heterocycles. The number of hydrogen-bond donors (Lipinski definition) is 1. The summed E-state index contributed by atoms with van der Waals surface area (Å²) < 4.78 is 0. The Labute approximate surface area is 113 Å². The lowest BCUT2D eigenvalue weighted by molar-refractivity contribution is 0.0949. The predicted octanol–water partition coefficient (Wildman–Crippen LogP) is 2.21. The van der Waals surface area contributed by atoms with Gasteiger partial charge in [-0.05, 0) is 31.2 Å². The fraction of sp³-hybridized carbons (Fsp3) is 0.200. The fourth-order valence-corrected chi connectivity index (χ4v) is 1.67. The van der Waals surface area contributed by atoms with Crippen LogP contribution >= 0.6 is 0 Å². The lowest BCUT2D eigenvalue weighted by Crippen LogP contribution is -2.35. The van der Waals surface area contributed by atoms with Crippen LogP contribution < -0.4 is 10.2 Å². The molecule has 0 atom stereocenters. The van der Waals surface area contributed by atoms with Gasteiger partial charge in [0.1, 0.15) is 5.69 Å². The fourth-order valence-electron chi connectivity index (χ4n) is 1.67. The first-order valence-corrected chi connectivity index (χ1v) is 6.14.